The summed E-state index contributed by atoms with van der Waals surface area (Å²) in [6, 6.07) is 12.5. The molecule has 0 aromatic heterocycles. The van der Waals surface area contributed by atoms with E-state index < -0.39 is 0 Å². The Labute approximate surface area is 133 Å². The first-order chi connectivity index (χ1) is 9.95. The van der Waals surface area contributed by atoms with E-state index in [-0.39, 0.29) is 16.9 Å². The molecule has 1 unspecified atom stereocenters. The van der Waals surface area contributed by atoms with Crippen LogP contribution in [0, 0.1) is 6.92 Å². The zero-order chi connectivity index (χ0) is 15.4. The summed E-state index contributed by atoms with van der Waals surface area (Å²) in [5, 5.41) is 12.6. The molecule has 110 valence electrons. The van der Waals surface area contributed by atoms with Crippen molar-refractivity contribution in [3.05, 3.63) is 53.1 Å². The highest BCUT2D eigenvalue weighted by molar-refractivity contribution is 8.00. The van der Waals surface area contributed by atoms with Gasteiger partial charge >= 0.3 is 0 Å². The maximum Gasteiger partial charge on any atom is 0.237 e. The number of phenols is 1. The average Bonchev–Trinajstić information content (AvgIpc) is 2.45. The molecule has 0 fully saturated rings. The third kappa shape index (κ3) is 4.41. The highest BCUT2D eigenvalue weighted by Gasteiger charge is 2.16. The molecule has 2 aromatic rings. The van der Waals surface area contributed by atoms with Gasteiger partial charge in [-0.2, -0.15) is 0 Å². The Morgan fingerprint density at radius 2 is 1.90 bits per heavy atom. The minimum atomic E-state index is -0.286. The summed E-state index contributed by atoms with van der Waals surface area (Å²) in [5.41, 5.74) is 1.50. The lowest BCUT2D eigenvalue weighted by Gasteiger charge is -2.13. The van der Waals surface area contributed by atoms with Crippen LogP contribution in [0.2, 0.25) is 5.02 Å². The molecule has 0 bridgehead atoms. The molecule has 21 heavy (non-hydrogen) atoms. The van der Waals surface area contributed by atoms with E-state index in [2.05, 4.69) is 5.32 Å². The van der Waals surface area contributed by atoms with Crippen LogP contribution in [0.5, 0.6) is 5.75 Å². The van der Waals surface area contributed by atoms with Crippen LogP contribution < -0.4 is 5.32 Å². The quantitative estimate of drug-likeness (QED) is 0.645. The topological polar surface area (TPSA) is 49.3 Å². The van der Waals surface area contributed by atoms with Crippen molar-refractivity contribution >= 4 is 35.0 Å². The summed E-state index contributed by atoms with van der Waals surface area (Å²) in [7, 11) is 0. The molecular formula is C16H16ClNO2S. The average molecular weight is 322 g/mol. The van der Waals surface area contributed by atoms with Gasteiger partial charge in [0, 0.05) is 9.92 Å². The number of rotatable bonds is 4. The monoisotopic (exact) mass is 321 g/mol. The van der Waals surface area contributed by atoms with E-state index in [1.165, 1.54) is 29.5 Å². The fourth-order valence-corrected chi connectivity index (χ4v) is 2.76. The van der Waals surface area contributed by atoms with Gasteiger partial charge in [0.2, 0.25) is 5.91 Å². The third-order valence-electron chi connectivity index (χ3n) is 2.92. The van der Waals surface area contributed by atoms with Crippen LogP contribution in [0.15, 0.2) is 47.4 Å². The van der Waals surface area contributed by atoms with Crippen LogP contribution in [-0.2, 0) is 4.79 Å². The number of anilines is 1. The third-order valence-corrected chi connectivity index (χ3v) is 4.27. The van der Waals surface area contributed by atoms with Crippen molar-refractivity contribution in [1.29, 1.82) is 0 Å². The lowest BCUT2D eigenvalue weighted by atomic mass is 10.2. The number of nitrogens with one attached hydrogen (secondary N) is 1. The number of aromatic hydroxyl groups is 1. The molecule has 2 aromatic carbocycles. The zero-order valence-electron chi connectivity index (χ0n) is 11.8. The van der Waals surface area contributed by atoms with Crippen LogP contribution in [0.25, 0.3) is 0 Å². The highest BCUT2D eigenvalue weighted by atomic mass is 35.5. The van der Waals surface area contributed by atoms with Crippen LogP contribution in [0.3, 0.4) is 0 Å². The molecule has 0 radical (unpaired) electrons. The van der Waals surface area contributed by atoms with E-state index in [0.29, 0.717) is 10.7 Å². The number of benzene rings is 2. The van der Waals surface area contributed by atoms with Gasteiger partial charge in [-0.25, -0.2) is 0 Å². The number of halogens is 1. The van der Waals surface area contributed by atoms with E-state index >= 15 is 0 Å². The van der Waals surface area contributed by atoms with Gasteiger partial charge in [0.25, 0.3) is 0 Å². The van der Waals surface area contributed by atoms with Gasteiger partial charge in [-0.3, -0.25) is 4.79 Å². The molecule has 0 aliphatic rings. The Bertz CT molecular complexity index is 643. The van der Waals surface area contributed by atoms with E-state index in [0.717, 1.165) is 4.90 Å². The fourth-order valence-electron chi connectivity index (χ4n) is 1.72. The smallest absolute Gasteiger partial charge is 0.237 e. The van der Waals surface area contributed by atoms with Crippen molar-refractivity contribution in [2.24, 2.45) is 0 Å². The van der Waals surface area contributed by atoms with Gasteiger partial charge in [0.05, 0.1) is 10.9 Å². The molecule has 5 heteroatoms. The lowest BCUT2D eigenvalue weighted by Crippen LogP contribution is -2.22. The Morgan fingerprint density at radius 1 is 1.24 bits per heavy atom. The molecule has 1 amide bonds. The maximum atomic E-state index is 12.2. The summed E-state index contributed by atoms with van der Waals surface area (Å²) in [6.07, 6.45) is 0. The van der Waals surface area contributed by atoms with Gasteiger partial charge in [-0.1, -0.05) is 29.3 Å². The molecule has 0 heterocycles. The van der Waals surface area contributed by atoms with Crippen molar-refractivity contribution in [3.8, 4) is 5.75 Å². The summed E-state index contributed by atoms with van der Waals surface area (Å²) < 4.78 is 0. The molecule has 3 nitrogen and oxygen atoms in total. The van der Waals surface area contributed by atoms with Crippen LogP contribution in [0.1, 0.15) is 12.5 Å². The van der Waals surface area contributed by atoms with E-state index in [1.54, 1.807) is 6.07 Å². The number of carbonyl (C=O) groups excluding carboxylic acids is 1. The molecule has 1 atom stereocenters. The van der Waals surface area contributed by atoms with E-state index in [4.69, 9.17) is 11.6 Å². The molecule has 2 N–H and O–H groups in total. The number of aryl methyl sites for hydroxylation is 1. The first-order valence-corrected chi connectivity index (χ1v) is 7.74. The predicted molar refractivity (Wildman–Crippen MR) is 88.2 cm³/mol. The van der Waals surface area contributed by atoms with E-state index in [9.17, 15) is 9.90 Å². The normalized spacial score (nSPS) is 12.0. The molecule has 2 rings (SSSR count). The van der Waals surface area contributed by atoms with Crippen molar-refractivity contribution < 1.29 is 9.90 Å². The summed E-state index contributed by atoms with van der Waals surface area (Å²) in [6.45, 7) is 3.84. The molecule has 0 saturated heterocycles. The number of hydrogen-bond donors (Lipinski definition) is 2. The first-order valence-electron chi connectivity index (χ1n) is 6.48. The summed E-state index contributed by atoms with van der Waals surface area (Å²) in [5.74, 6) is -0.182. The second-order valence-corrected chi connectivity index (χ2v) is 6.57. The van der Waals surface area contributed by atoms with Crippen molar-refractivity contribution in [1.82, 2.24) is 0 Å². The SMILES string of the molecule is Cc1ccc(SC(C)C(=O)Nc2cc(Cl)ccc2O)cc1. The molecule has 0 spiro atoms. The lowest BCUT2D eigenvalue weighted by molar-refractivity contribution is -0.115. The van der Waals surface area contributed by atoms with Crippen LogP contribution in [-0.4, -0.2) is 16.3 Å². The largest absolute Gasteiger partial charge is 0.506 e. The Morgan fingerprint density at radius 3 is 2.57 bits per heavy atom. The van der Waals surface area contributed by atoms with Gasteiger partial charge in [-0.05, 0) is 44.2 Å². The number of thioether (sulfide) groups is 1. The fraction of sp³-hybridized carbons (Fsp3) is 0.188. The second kappa shape index (κ2) is 6.87. The Kier molecular flexibility index (Phi) is 5.15. The van der Waals surface area contributed by atoms with Crippen molar-refractivity contribution in [2.75, 3.05) is 5.32 Å². The molecule has 0 aliphatic carbocycles. The highest BCUT2D eigenvalue weighted by Crippen LogP contribution is 2.29. The zero-order valence-corrected chi connectivity index (χ0v) is 13.3. The van der Waals surface area contributed by atoms with Crippen LogP contribution in [0.4, 0.5) is 5.69 Å². The summed E-state index contributed by atoms with van der Waals surface area (Å²) in [4.78, 5) is 13.2. The number of amides is 1. The van der Waals surface area contributed by atoms with Crippen molar-refractivity contribution in [2.45, 2.75) is 24.0 Å². The number of carbonyl (C=O) groups is 1. The predicted octanol–water partition coefficient (Wildman–Crippen LogP) is 4.47. The standard InChI is InChI=1S/C16H16ClNO2S/c1-10-3-6-13(7-4-10)21-11(2)16(20)18-14-9-12(17)5-8-15(14)19/h3-9,11,19H,1-2H3,(H,18,20). The first kappa shape index (κ1) is 15.7. The van der Waals surface area contributed by atoms with Gasteiger partial charge in [0.1, 0.15) is 5.75 Å². The van der Waals surface area contributed by atoms with Gasteiger partial charge in [-0.15, -0.1) is 11.8 Å². The minimum absolute atomic E-state index is 0.000265. The maximum absolute atomic E-state index is 12.2. The molecule has 0 saturated carbocycles. The Hall–Kier alpha value is -1.65. The Balaban J connectivity index is 2.02. The molecule has 0 aliphatic heterocycles. The van der Waals surface area contributed by atoms with E-state index in [1.807, 2.05) is 38.1 Å². The van der Waals surface area contributed by atoms with Gasteiger partial charge < -0.3 is 10.4 Å². The van der Waals surface area contributed by atoms with Gasteiger partial charge in [0.15, 0.2) is 0 Å². The number of hydrogen-bond acceptors (Lipinski definition) is 3. The van der Waals surface area contributed by atoms with Crippen molar-refractivity contribution in [3.63, 3.8) is 0 Å². The summed E-state index contributed by atoms with van der Waals surface area (Å²) >= 11 is 7.32. The van der Waals surface area contributed by atoms with Crippen LogP contribution >= 0.6 is 23.4 Å². The minimum Gasteiger partial charge on any atom is -0.506 e. The second-order valence-electron chi connectivity index (χ2n) is 4.72. The molecular weight excluding hydrogens is 306 g/mol. The number of phenolic OH excluding ortho intramolecular Hbond substituents is 1.